The van der Waals surface area contributed by atoms with Gasteiger partial charge in [0.1, 0.15) is 5.82 Å². The van der Waals surface area contributed by atoms with Gasteiger partial charge in [0, 0.05) is 44.2 Å². The minimum atomic E-state index is 0.165. The van der Waals surface area contributed by atoms with Crippen molar-refractivity contribution in [2.75, 3.05) is 37.3 Å². The minimum absolute atomic E-state index is 0.165. The molecule has 3 rings (SSSR count). The molecule has 0 unspecified atom stereocenters. The smallest absolute Gasteiger partial charge is 0.223 e. The average Bonchev–Trinajstić information content (AvgIpc) is 2.89. The summed E-state index contributed by atoms with van der Waals surface area (Å²) in [5.74, 6) is 1.32. The molecule has 2 fully saturated rings. The number of thioether (sulfide) groups is 1. The Labute approximate surface area is 148 Å². The third-order valence-corrected chi connectivity index (χ3v) is 5.64. The summed E-state index contributed by atoms with van der Waals surface area (Å²) in [6, 6.07) is 1.98. The molecular weight excluding hydrogens is 320 g/mol. The number of piperidine rings is 1. The van der Waals surface area contributed by atoms with E-state index in [1.807, 2.05) is 23.4 Å². The van der Waals surface area contributed by atoms with Crippen LogP contribution in [0, 0.1) is 5.41 Å². The molecule has 2 saturated heterocycles. The van der Waals surface area contributed by atoms with E-state index < -0.39 is 0 Å². The topological polar surface area (TPSA) is 49.3 Å². The standard InChI is InChI=1S/C18H26N4OS/c1-14(2)5-9-22-13-18(12-16(22)23)6-10-21(11-7-18)15-4-8-19-17(20-15)24-3/h4-5,8H,6-7,9-13H2,1-3H3. The second kappa shape index (κ2) is 7.13. The van der Waals surface area contributed by atoms with Crippen LogP contribution < -0.4 is 4.90 Å². The van der Waals surface area contributed by atoms with Crippen molar-refractivity contribution in [1.82, 2.24) is 14.9 Å². The Morgan fingerprint density at radius 3 is 2.79 bits per heavy atom. The molecule has 6 heteroatoms. The van der Waals surface area contributed by atoms with E-state index in [0.717, 1.165) is 50.0 Å². The largest absolute Gasteiger partial charge is 0.356 e. The van der Waals surface area contributed by atoms with E-state index in [2.05, 4.69) is 34.8 Å². The van der Waals surface area contributed by atoms with E-state index in [1.165, 1.54) is 5.57 Å². The van der Waals surface area contributed by atoms with E-state index in [9.17, 15) is 4.79 Å². The van der Waals surface area contributed by atoms with Crippen molar-refractivity contribution in [3.05, 3.63) is 23.9 Å². The van der Waals surface area contributed by atoms with E-state index >= 15 is 0 Å². The molecule has 2 aliphatic rings. The third-order valence-electron chi connectivity index (χ3n) is 5.07. The molecule has 3 heterocycles. The quantitative estimate of drug-likeness (QED) is 0.476. The van der Waals surface area contributed by atoms with Crippen LogP contribution in [0.25, 0.3) is 0 Å². The van der Waals surface area contributed by atoms with E-state index in [-0.39, 0.29) is 5.41 Å². The molecule has 0 aliphatic carbocycles. The third kappa shape index (κ3) is 3.74. The number of amides is 1. The lowest BCUT2D eigenvalue weighted by Gasteiger charge is -2.39. The molecule has 0 atom stereocenters. The first-order chi connectivity index (χ1) is 11.5. The Hall–Kier alpha value is -1.56. The van der Waals surface area contributed by atoms with E-state index in [0.29, 0.717) is 12.3 Å². The van der Waals surface area contributed by atoms with Crippen molar-refractivity contribution in [3.8, 4) is 0 Å². The van der Waals surface area contributed by atoms with Crippen molar-refractivity contribution in [3.63, 3.8) is 0 Å². The van der Waals surface area contributed by atoms with Gasteiger partial charge in [-0.2, -0.15) is 0 Å². The summed E-state index contributed by atoms with van der Waals surface area (Å²) in [6.45, 7) is 7.76. The number of aromatic nitrogens is 2. The minimum Gasteiger partial charge on any atom is -0.356 e. The number of carbonyl (C=O) groups is 1. The molecule has 0 saturated carbocycles. The maximum Gasteiger partial charge on any atom is 0.223 e. The van der Waals surface area contributed by atoms with Crippen molar-refractivity contribution in [1.29, 1.82) is 0 Å². The summed E-state index contributed by atoms with van der Waals surface area (Å²) >= 11 is 1.57. The Bertz CT molecular complexity index is 634. The molecule has 0 bridgehead atoms. The first kappa shape index (κ1) is 17.3. The predicted octanol–water partition coefficient (Wildman–Crippen LogP) is 2.98. The summed E-state index contributed by atoms with van der Waals surface area (Å²) in [5, 5.41) is 0.816. The highest BCUT2D eigenvalue weighted by atomic mass is 32.2. The number of anilines is 1. The van der Waals surface area contributed by atoms with Gasteiger partial charge in [-0.25, -0.2) is 9.97 Å². The highest BCUT2D eigenvalue weighted by Crippen LogP contribution is 2.41. The number of rotatable bonds is 4. The van der Waals surface area contributed by atoms with Crippen molar-refractivity contribution in [2.24, 2.45) is 5.41 Å². The predicted molar refractivity (Wildman–Crippen MR) is 98.3 cm³/mol. The van der Waals surface area contributed by atoms with Crippen LogP contribution in [0.5, 0.6) is 0 Å². The summed E-state index contributed by atoms with van der Waals surface area (Å²) < 4.78 is 0. The van der Waals surface area contributed by atoms with Gasteiger partial charge in [-0.05, 0) is 39.0 Å². The molecule has 2 aliphatic heterocycles. The highest BCUT2D eigenvalue weighted by Gasteiger charge is 2.44. The van der Waals surface area contributed by atoms with Crippen LogP contribution in [0.4, 0.5) is 5.82 Å². The number of nitrogens with zero attached hydrogens (tertiary/aromatic N) is 4. The number of allylic oxidation sites excluding steroid dienone is 1. The lowest BCUT2D eigenvalue weighted by molar-refractivity contribution is -0.127. The van der Waals surface area contributed by atoms with Crippen LogP contribution in [-0.2, 0) is 4.79 Å². The lowest BCUT2D eigenvalue weighted by Crippen LogP contribution is -2.42. The number of hydrogen-bond acceptors (Lipinski definition) is 5. The number of carbonyl (C=O) groups excluding carboxylic acids is 1. The fraction of sp³-hybridized carbons (Fsp3) is 0.611. The van der Waals surface area contributed by atoms with E-state index in [4.69, 9.17) is 0 Å². The van der Waals surface area contributed by atoms with Gasteiger partial charge in [0.15, 0.2) is 5.16 Å². The van der Waals surface area contributed by atoms with E-state index in [1.54, 1.807) is 11.8 Å². The zero-order valence-corrected chi connectivity index (χ0v) is 15.6. The number of likely N-dealkylation sites (tertiary alicyclic amines) is 1. The number of hydrogen-bond donors (Lipinski definition) is 0. The molecule has 1 aromatic heterocycles. The molecule has 0 N–H and O–H groups in total. The summed E-state index contributed by atoms with van der Waals surface area (Å²) in [7, 11) is 0. The molecule has 0 aromatic carbocycles. The van der Waals surface area contributed by atoms with Gasteiger partial charge >= 0.3 is 0 Å². The molecular formula is C18H26N4OS. The van der Waals surface area contributed by atoms with Crippen LogP contribution in [0.3, 0.4) is 0 Å². The van der Waals surface area contributed by atoms with Gasteiger partial charge in [0.2, 0.25) is 5.91 Å². The van der Waals surface area contributed by atoms with Crippen molar-refractivity contribution in [2.45, 2.75) is 38.3 Å². The Kier molecular flexibility index (Phi) is 5.13. The molecule has 1 aromatic rings. The lowest BCUT2D eigenvalue weighted by atomic mass is 9.77. The monoisotopic (exact) mass is 346 g/mol. The van der Waals surface area contributed by atoms with Gasteiger partial charge in [-0.15, -0.1) is 0 Å². The molecule has 5 nitrogen and oxygen atoms in total. The Morgan fingerprint density at radius 2 is 2.12 bits per heavy atom. The molecule has 24 heavy (non-hydrogen) atoms. The second-order valence-corrected chi connectivity index (χ2v) is 7.89. The van der Waals surface area contributed by atoms with Gasteiger partial charge < -0.3 is 9.80 Å². The molecule has 0 radical (unpaired) electrons. The summed E-state index contributed by atoms with van der Waals surface area (Å²) in [4.78, 5) is 25.6. The van der Waals surface area contributed by atoms with Crippen LogP contribution in [0.15, 0.2) is 29.1 Å². The second-order valence-electron chi connectivity index (χ2n) is 7.12. The molecule has 1 amide bonds. The van der Waals surface area contributed by atoms with Gasteiger partial charge in [-0.3, -0.25) is 4.79 Å². The zero-order chi connectivity index (χ0) is 17.2. The molecule has 130 valence electrons. The van der Waals surface area contributed by atoms with Gasteiger partial charge in [-0.1, -0.05) is 23.4 Å². The Morgan fingerprint density at radius 1 is 1.38 bits per heavy atom. The highest BCUT2D eigenvalue weighted by molar-refractivity contribution is 7.98. The fourth-order valence-corrected chi connectivity index (χ4v) is 3.94. The van der Waals surface area contributed by atoms with Crippen molar-refractivity contribution < 1.29 is 4.79 Å². The molecule has 1 spiro atoms. The first-order valence-electron chi connectivity index (χ1n) is 8.54. The van der Waals surface area contributed by atoms with Crippen LogP contribution in [0.2, 0.25) is 0 Å². The van der Waals surface area contributed by atoms with Gasteiger partial charge in [0.25, 0.3) is 0 Å². The normalized spacial score (nSPS) is 19.9. The SMILES string of the molecule is CSc1nccc(N2CCC3(CC2)CC(=O)N(CC=C(C)C)C3)n1. The fourth-order valence-electron chi connectivity index (χ4n) is 3.59. The van der Waals surface area contributed by atoms with Crippen LogP contribution >= 0.6 is 11.8 Å². The zero-order valence-electron chi connectivity index (χ0n) is 14.8. The van der Waals surface area contributed by atoms with Crippen molar-refractivity contribution >= 4 is 23.5 Å². The Balaban J connectivity index is 1.62. The van der Waals surface area contributed by atoms with Crippen LogP contribution in [-0.4, -0.2) is 53.2 Å². The maximum absolute atomic E-state index is 12.4. The van der Waals surface area contributed by atoms with Gasteiger partial charge in [0.05, 0.1) is 0 Å². The first-order valence-corrected chi connectivity index (χ1v) is 9.77. The van der Waals surface area contributed by atoms with Crippen LogP contribution in [0.1, 0.15) is 33.1 Å². The average molecular weight is 347 g/mol. The maximum atomic E-state index is 12.4. The summed E-state index contributed by atoms with van der Waals surface area (Å²) in [5.41, 5.74) is 1.44. The summed E-state index contributed by atoms with van der Waals surface area (Å²) in [6.07, 6.45) is 8.80.